The van der Waals surface area contributed by atoms with Crippen molar-refractivity contribution in [3.05, 3.63) is 41.2 Å². The van der Waals surface area contributed by atoms with Crippen LogP contribution in [0.2, 0.25) is 0 Å². The molecule has 2 aromatic heterocycles. The molecule has 0 aliphatic carbocycles. The molecular weight excluding hydrogens is 410 g/mol. The third kappa shape index (κ3) is 3.95. The molecule has 1 fully saturated rings. The van der Waals surface area contributed by atoms with Gasteiger partial charge in [0, 0.05) is 18.8 Å². The predicted octanol–water partition coefficient (Wildman–Crippen LogP) is 5.96. The Labute approximate surface area is 167 Å². The molecular formula is C20H18F6N4. The first kappa shape index (κ1) is 20.5. The second kappa shape index (κ2) is 7.17. The number of benzene rings is 1. The molecule has 1 aliphatic heterocycles. The maximum Gasteiger partial charge on any atom is 0.416 e. The Morgan fingerprint density at radius 2 is 1.43 bits per heavy atom. The molecule has 10 heteroatoms. The summed E-state index contributed by atoms with van der Waals surface area (Å²) in [4.78, 5) is 13.8. The zero-order valence-electron chi connectivity index (χ0n) is 16.0. The lowest BCUT2D eigenvalue weighted by molar-refractivity contribution is -0.143. The van der Waals surface area contributed by atoms with Crippen LogP contribution in [0.3, 0.4) is 0 Å². The Morgan fingerprint density at radius 3 is 2.00 bits per heavy atom. The van der Waals surface area contributed by atoms with Crippen molar-refractivity contribution in [2.75, 3.05) is 18.0 Å². The minimum absolute atomic E-state index is 0.120. The van der Waals surface area contributed by atoms with Gasteiger partial charge in [-0.3, -0.25) is 0 Å². The van der Waals surface area contributed by atoms with Crippen LogP contribution in [-0.4, -0.2) is 28.0 Å². The average molecular weight is 428 g/mol. The van der Waals surface area contributed by atoms with Crippen LogP contribution in [0.1, 0.15) is 36.2 Å². The summed E-state index contributed by atoms with van der Waals surface area (Å²) in [5, 5.41) is 0. The Kier molecular flexibility index (Phi) is 4.90. The normalized spacial score (nSPS) is 15.8. The van der Waals surface area contributed by atoms with Gasteiger partial charge in [0.25, 0.3) is 0 Å². The van der Waals surface area contributed by atoms with Gasteiger partial charge in [-0.1, -0.05) is 0 Å². The SMILES string of the molecule is Cc1nc(N2CCCCC2)c2[nH]c(-c3cc(C(F)(F)F)cc(C(F)(F)F)c3)cc2n1. The summed E-state index contributed by atoms with van der Waals surface area (Å²) in [5.41, 5.74) is -1.85. The van der Waals surface area contributed by atoms with Gasteiger partial charge >= 0.3 is 12.4 Å². The summed E-state index contributed by atoms with van der Waals surface area (Å²) in [7, 11) is 0. The van der Waals surface area contributed by atoms with E-state index in [0.717, 1.165) is 32.4 Å². The highest BCUT2D eigenvalue weighted by atomic mass is 19.4. The van der Waals surface area contributed by atoms with Crippen LogP contribution < -0.4 is 4.90 Å². The standard InChI is InChI=1S/C20H18F6N4/c1-11-27-16-10-15(29-17(16)18(28-11)30-5-3-2-4-6-30)12-7-13(19(21,22)23)9-14(8-12)20(24,25)26/h7-10,29H,2-6H2,1H3. The molecule has 0 saturated carbocycles. The number of aromatic nitrogens is 3. The van der Waals surface area contributed by atoms with Gasteiger partial charge in [0.2, 0.25) is 0 Å². The number of rotatable bonds is 2. The van der Waals surface area contributed by atoms with Crippen LogP contribution in [0.4, 0.5) is 32.2 Å². The molecule has 1 aliphatic rings. The van der Waals surface area contributed by atoms with Crippen molar-refractivity contribution in [2.24, 2.45) is 0 Å². The van der Waals surface area contributed by atoms with Crippen LogP contribution >= 0.6 is 0 Å². The van der Waals surface area contributed by atoms with Gasteiger partial charge in [-0.2, -0.15) is 26.3 Å². The lowest BCUT2D eigenvalue weighted by Crippen LogP contribution is -2.30. The average Bonchev–Trinajstić information content (AvgIpc) is 3.10. The lowest BCUT2D eigenvalue weighted by Gasteiger charge is -2.28. The summed E-state index contributed by atoms with van der Waals surface area (Å²) in [6.45, 7) is 3.26. The van der Waals surface area contributed by atoms with E-state index < -0.39 is 23.5 Å². The molecule has 3 heterocycles. The predicted molar refractivity (Wildman–Crippen MR) is 100 cm³/mol. The zero-order valence-corrected chi connectivity index (χ0v) is 16.0. The maximum absolute atomic E-state index is 13.2. The summed E-state index contributed by atoms with van der Waals surface area (Å²) in [5.74, 6) is 1.10. The van der Waals surface area contributed by atoms with E-state index in [1.54, 1.807) is 6.92 Å². The van der Waals surface area contributed by atoms with Crippen molar-refractivity contribution in [3.63, 3.8) is 0 Å². The second-order valence-corrected chi connectivity index (χ2v) is 7.38. The fourth-order valence-corrected chi connectivity index (χ4v) is 3.71. The van der Waals surface area contributed by atoms with Crippen molar-refractivity contribution >= 4 is 16.9 Å². The van der Waals surface area contributed by atoms with Gasteiger partial charge in [-0.05, 0) is 56.0 Å². The number of nitrogens with one attached hydrogen (secondary N) is 1. The van der Waals surface area contributed by atoms with Gasteiger partial charge in [0.1, 0.15) is 11.3 Å². The number of hydrogen-bond acceptors (Lipinski definition) is 3. The zero-order chi connectivity index (χ0) is 21.7. The fraction of sp³-hybridized carbons (Fsp3) is 0.400. The molecule has 0 atom stereocenters. The fourth-order valence-electron chi connectivity index (χ4n) is 3.71. The molecule has 1 aromatic carbocycles. The molecule has 4 nitrogen and oxygen atoms in total. The molecule has 0 radical (unpaired) electrons. The molecule has 30 heavy (non-hydrogen) atoms. The van der Waals surface area contributed by atoms with Crippen molar-refractivity contribution in [1.82, 2.24) is 15.0 Å². The second-order valence-electron chi connectivity index (χ2n) is 7.38. The van der Waals surface area contributed by atoms with Gasteiger partial charge in [0.15, 0.2) is 5.82 Å². The topological polar surface area (TPSA) is 44.8 Å². The first-order chi connectivity index (χ1) is 14.0. The molecule has 0 bridgehead atoms. The highest BCUT2D eigenvalue weighted by Crippen LogP contribution is 2.39. The Morgan fingerprint density at radius 1 is 0.833 bits per heavy atom. The molecule has 4 rings (SSSR count). The highest BCUT2D eigenvalue weighted by Gasteiger charge is 2.37. The number of nitrogens with zero attached hydrogens (tertiary/aromatic N) is 3. The molecule has 1 saturated heterocycles. The van der Waals surface area contributed by atoms with Crippen molar-refractivity contribution in [1.29, 1.82) is 0 Å². The third-order valence-corrected chi connectivity index (χ3v) is 5.12. The maximum atomic E-state index is 13.2. The number of piperidine rings is 1. The van der Waals surface area contributed by atoms with Crippen molar-refractivity contribution in [3.8, 4) is 11.3 Å². The minimum atomic E-state index is -4.91. The summed E-state index contributed by atoms with van der Waals surface area (Å²) >= 11 is 0. The van der Waals surface area contributed by atoms with E-state index in [9.17, 15) is 26.3 Å². The van der Waals surface area contributed by atoms with E-state index >= 15 is 0 Å². The number of fused-ring (bicyclic) bond motifs is 1. The van der Waals surface area contributed by atoms with Crippen LogP contribution in [0.15, 0.2) is 24.3 Å². The van der Waals surface area contributed by atoms with E-state index in [0.29, 0.717) is 34.8 Å². The van der Waals surface area contributed by atoms with Gasteiger partial charge < -0.3 is 9.88 Å². The van der Waals surface area contributed by atoms with Gasteiger partial charge in [-0.15, -0.1) is 0 Å². The molecule has 0 unspecified atom stereocenters. The van der Waals surface area contributed by atoms with Gasteiger partial charge in [0.05, 0.1) is 16.6 Å². The van der Waals surface area contributed by atoms with Gasteiger partial charge in [-0.25, -0.2) is 9.97 Å². The number of halogens is 6. The number of aryl methyl sites for hydroxylation is 1. The highest BCUT2D eigenvalue weighted by molar-refractivity contribution is 5.91. The van der Waals surface area contributed by atoms with E-state index in [1.807, 2.05) is 0 Å². The minimum Gasteiger partial charge on any atom is -0.355 e. The first-order valence-electron chi connectivity index (χ1n) is 9.44. The van der Waals surface area contributed by atoms with E-state index in [2.05, 4.69) is 19.9 Å². The number of H-pyrrole nitrogens is 1. The largest absolute Gasteiger partial charge is 0.416 e. The molecule has 0 amide bonds. The number of hydrogen-bond donors (Lipinski definition) is 1. The Hall–Kier alpha value is -2.78. The number of alkyl halides is 6. The smallest absolute Gasteiger partial charge is 0.355 e. The van der Waals surface area contributed by atoms with E-state index in [4.69, 9.17) is 0 Å². The van der Waals surface area contributed by atoms with E-state index in [-0.39, 0.29) is 17.3 Å². The monoisotopic (exact) mass is 428 g/mol. The summed E-state index contributed by atoms with van der Waals surface area (Å²) in [6, 6.07) is 3.00. The van der Waals surface area contributed by atoms with Crippen LogP contribution in [0, 0.1) is 6.92 Å². The van der Waals surface area contributed by atoms with Crippen LogP contribution in [0.25, 0.3) is 22.3 Å². The summed E-state index contributed by atoms with van der Waals surface area (Å²) in [6.07, 6.45) is -6.74. The summed E-state index contributed by atoms with van der Waals surface area (Å²) < 4.78 is 79.3. The molecule has 160 valence electrons. The van der Waals surface area contributed by atoms with Crippen molar-refractivity contribution < 1.29 is 26.3 Å². The third-order valence-electron chi connectivity index (χ3n) is 5.12. The Bertz CT molecular complexity index is 1050. The molecule has 1 N–H and O–H groups in total. The Balaban J connectivity index is 1.87. The molecule has 0 spiro atoms. The first-order valence-corrected chi connectivity index (χ1v) is 9.44. The quantitative estimate of drug-likeness (QED) is 0.512. The van der Waals surface area contributed by atoms with Crippen LogP contribution in [-0.2, 0) is 12.4 Å². The molecule has 3 aromatic rings. The van der Waals surface area contributed by atoms with Crippen LogP contribution in [0.5, 0.6) is 0 Å². The number of anilines is 1. The van der Waals surface area contributed by atoms with E-state index in [1.165, 1.54) is 6.07 Å². The lowest BCUT2D eigenvalue weighted by atomic mass is 10.0. The number of aromatic amines is 1. The van der Waals surface area contributed by atoms with Crippen molar-refractivity contribution in [2.45, 2.75) is 38.5 Å².